The average molecular weight is 628 g/mol. The number of ether oxygens (including phenoxy) is 2. The summed E-state index contributed by atoms with van der Waals surface area (Å²) >= 11 is 0. The zero-order chi connectivity index (χ0) is 31.5. The first-order chi connectivity index (χ1) is 22.5. The zero-order valence-corrected chi connectivity index (χ0v) is 25.6. The minimum Gasteiger partial charge on any atom is -0.486 e. The van der Waals surface area contributed by atoms with E-state index in [4.69, 9.17) is 9.47 Å². The van der Waals surface area contributed by atoms with E-state index in [1.807, 2.05) is 12.1 Å². The summed E-state index contributed by atoms with van der Waals surface area (Å²) in [6.45, 7) is 6.97. The summed E-state index contributed by atoms with van der Waals surface area (Å²) in [6.07, 6.45) is 1.41. The Hall–Kier alpha value is -4.38. The van der Waals surface area contributed by atoms with Crippen molar-refractivity contribution in [3.63, 3.8) is 0 Å². The van der Waals surface area contributed by atoms with Crippen molar-refractivity contribution in [2.75, 3.05) is 69.2 Å². The van der Waals surface area contributed by atoms with E-state index in [2.05, 4.69) is 53.6 Å². The Morgan fingerprint density at radius 2 is 1.89 bits per heavy atom. The lowest BCUT2D eigenvalue weighted by molar-refractivity contribution is -0.137. The van der Waals surface area contributed by atoms with Crippen molar-refractivity contribution < 1.29 is 18.7 Å². The molecular weight excluding hydrogens is 589 g/mol. The van der Waals surface area contributed by atoms with Crippen molar-refractivity contribution >= 4 is 23.2 Å². The molecule has 4 aliphatic rings. The molecule has 1 amide bonds. The topological polar surface area (TPSA) is 132 Å². The maximum atomic E-state index is 15.1. The quantitative estimate of drug-likeness (QED) is 0.382. The molecule has 3 aromatic rings. The van der Waals surface area contributed by atoms with E-state index in [-0.39, 0.29) is 24.1 Å². The fourth-order valence-corrected chi connectivity index (χ4v) is 6.51. The van der Waals surface area contributed by atoms with Gasteiger partial charge < -0.3 is 29.9 Å². The van der Waals surface area contributed by atoms with Gasteiger partial charge in [0.2, 0.25) is 11.9 Å². The van der Waals surface area contributed by atoms with E-state index in [1.165, 1.54) is 12.0 Å². The molecule has 3 atom stereocenters. The standard InChI is InChI=1S/C33H38FN9O3/c34-27-18-43(32(44)28-2-1-10-36-28)11-9-30(27)46-29-8-3-22(16-23(29)17-35)31-37-21-38-33(40-31)39-24-4-6-25(7-5-24)41-12-14-42(15-13-41)26-19-45-20-26/h3-8,16,21,26-28,30,36H,1-2,9-15,18-20H2,(H,37,38,39,40)/t27-,28+,30+/m1/s1. The zero-order valence-electron chi connectivity index (χ0n) is 25.6. The number of carbonyl (C=O) groups is 1. The molecule has 0 bridgehead atoms. The van der Waals surface area contributed by atoms with Crippen molar-refractivity contribution in [2.45, 2.75) is 43.6 Å². The van der Waals surface area contributed by atoms with Gasteiger partial charge in [-0.15, -0.1) is 0 Å². The first kappa shape index (κ1) is 30.3. The first-order valence-corrected chi connectivity index (χ1v) is 16.0. The van der Waals surface area contributed by atoms with E-state index in [0.717, 1.165) is 64.5 Å². The number of benzene rings is 2. The number of anilines is 3. The Kier molecular flexibility index (Phi) is 8.91. The molecule has 7 rings (SSSR count). The van der Waals surface area contributed by atoms with Crippen molar-refractivity contribution in [3.8, 4) is 23.2 Å². The fraction of sp³-hybridized carbons (Fsp3) is 0.485. The van der Waals surface area contributed by atoms with Gasteiger partial charge in [-0.25, -0.2) is 14.4 Å². The van der Waals surface area contributed by atoms with Crippen molar-refractivity contribution in [2.24, 2.45) is 0 Å². The van der Waals surface area contributed by atoms with Crippen LogP contribution < -0.4 is 20.3 Å². The monoisotopic (exact) mass is 627 g/mol. The molecule has 0 radical (unpaired) electrons. The van der Waals surface area contributed by atoms with Crippen molar-refractivity contribution in [1.82, 2.24) is 30.1 Å². The molecule has 2 aromatic carbocycles. The molecular formula is C33H38FN9O3. The molecule has 0 aliphatic carbocycles. The summed E-state index contributed by atoms with van der Waals surface area (Å²) in [5, 5.41) is 16.3. The number of hydrogen-bond acceptors (Lipinski definition) is 11. The molecule has 12 nitrogen and oxygen atoms in total. The minimum absolute atomic E-state index is 0.0153. The van der Waals surface area contributed by atoms with E-state index in [0.29, 0.717) is 42.1 Å². The summed E-state index contributed by atoms with van der Waals surface area (Å²) in [5.41, 5.74) is 2.89. The summed E-state index contributed by atoms with van der Waals surface area (Å²) < 4.78 is 26.5. The van der Waals surface area contributed by atoms with E-state index < -0.39 is 12.3 Å². The van der Waals surface area contributed by atoms with Crippen LogP contribution in [-0.4, -0.2) is 114 Å². The van der Waals surface area contributed by atoms with Gasteiger partial charge in [-0.3, -0.25) is 9.69 Å². The molecule has 1 aromatic heterocycles. The lowest BCUT2D eigenvalue weighted by atomic mass is 10.0. The van der Waals surface area contributed by atoms with Gasteiger partial charge in [0.25, 0.3) is 0 Å². The van der Waals surface area contributed by atoms with Crippen LogP contribution in [0.5, 0.6) is 5.75 Å². The van der Waals surface area contributed by atoms with Gasteiger partial charge in [-0.2, -0.15) is 10.2 Å². The molecule has 0 unspecified atom stereocenters. The van der Waals surface area contributed by atoms with Gasteiger partial charge in [0.15, 0.2) is 12.0 Å². The largest absolute Gasteiger partial charge is 0.486 e. The summed E-state index contributed by atoms with van der Waals surface area (Å²) in [7, 11) is 0. The molecule has 240 valence electrons. The maximum Gasteiger partial charge on any atom is 0.239 e. The molecule has 46 heavy (non-hydrogen) atoms. The lowest BCUT2D eigenvalue weighted by Gasteiger charge is -2.43. The second-order valence-corrected chi connectivity index (χ2v) is 12.2. The van der Waals surface area contributed by atoms with Gasteiger partial charge in [-0.1, -0.05) is 0 Å². The van der Waals surface area contributed by atoms with Crippen LogP contribution in [0.4, 0.5) is 21.7 Å². The summed E-state index contributed by atoms with van der Waals surface area (Å²) in [5.74, 6) is 1.01. The number of nitrogens with one attached hydrogen (secondary N) is 2. The number of aromatic nitrogens is 3. The average Bonchev–Trinajstić information content (AvgIpc) is 3.61. The number of piperazine rings is 1. The number of alkyl halides is 1. The van der Waals surface area contributed by atoms with Gasteiger partial charge in [0.1, 0.15) is 24.3 Å². The Morgan fingerprint density at radius 1 is 1.07 bits per heavy atom. The highest BCUT2D eigenvalue weighted by molar-refractivity contribution is 5.82. The second-order valence-electron chi connectivity index (χ2n) is 12.2. The lowest BCUT2D eigenvalue weighted by Crippen LogP contribution is -2.56. The van der Waals surface area contributed by atoms with Gasteiger partial charge >= 0.3 is 0 Å². The number of rotatable bonds is 8. The first-order valence-electron chi connectivity index (χ1n) is 16.0. The van der Waals surface area contributed by atoms with E-state index >= 15 is 4.39 Å². The molecule has 2 N–H and O–H groups in total. The number of carbonyl (C=O) groups excluding carboxylic acids is 1. The van der Waals surface area contributed by atoms with Crippen LogP contribution in [0.1, 0.15) is 24.8 Å². The van der Waals surface area contributed by atoms with E-state index in [1.54, 1.807) is 23.1 Å². The highest BCUT2D eigenvalue weighted by Gasteiger charge is 2.36. The molecule has 4 fully saturated rings. The summed E-state index contributed by atoms with van der Waals surface area (Å²) in [4.78, 5) is 32.3. The smallest absolute Gasteiger partial charge is 0.239 e. The number of nitrogens with zero attached hydrogens (tertiary/aromatic N) is 7. The molecule has 13 heteroatoms. The fourth-order valence-electron chi connectivity index (χ4n) is 6.51. The second kappa shape index (κ2) is 13.5. The van der Waals surface area contributed by atoms with Gasteiger partial charge in [0.05, 0.1) is 37.4 Å². The number of amides is 1. The maximum absolute atomic E-state index is 15.1. The number of hydrogen-bond donors (Lipinski definition) is 2. The SMILES string of the molecule is N#Cc1cc(-c2ncnc(Nc3ccc(N4CCN(C5COC5)CC4)cc3)n2)ccc1O[C@H]1CCN(C(=O)[C@@H]2CCCN2)C[C@H]1F. The molecule has 0 spiro atoms. The predicted molar refractivity (Wildman–Crippen MR) is 170 cm³/mol. The third-order valence-electron chi connectivity index (χ3n) is 9.30. The number of halogens is 1. The molecule has 0 saturated carbocycles. The number of likely N-dealkylation sites (tertiary alicyclic amines) is 1. The minimum atomic E-state index is -1.35. The Bertz CT molecular complexity index is 1570. The normalized spacial score (nSPS) is 23.9. The molecule has 4 aliphatic heterocycles. The van der Waals surface area contributed by atoms with Gasteiger partial charge in [-0.05, 0) is 61.9 Å². The Labute approximate surface area is 267 Å². The summed E-state index contributed by atoms with van der Waals surface area (Å²) in [6, 6.07) is 15.8. The predicted octanol–water partition coefficient (Wildman–Crippen LogP) is 2.74. The third-order valence-corrected chi connectivity index (χ3v) is 9.30. The highest BCUT2D eigenvalue weighted by Crippen LogP contribution is 2.29. The van der Waals surface area contributed by atoms with E-state index in [9.17, 15) is 10.1 Å². The van der Waals surface area contributed by atoms with Crippen LogP contribution in [0.2, 0.25) is 0 Å². The third kappa shape index (κ3) is 6.60. The number of nitriles is 1. The molecule has 4 saturated heterocycles. The highest BCUT2D eigenvalue weighted by atomic mass is 19.1. The van der Waals surface area contributed by atoms with Crippen LogP contribution in [-0.2, 0) is 9.53 Å². The van der Waals surface area contributed by atoms with Gasteiger partial charge in [0, 0.05) is 56.1 Å². The van der Waals surface area contributed by atoms with Crippen LogP contribution >= 0.6 is 0 Å². The van der Waals surface area contributed by atoms with Crippen LogP contribution in [0.3, 0.4) is 0 Å². The number of piperidine rings is 1. The van der Waals surface area contributed by atoms with Crippen molar-refractivity contribution in [1.29, 1.82) is 5.26 Å². The molecule has 5 heterocycles. The van der Waals surface area contributed by atoms with Crippen LogP contribution in [0.15, 0.2) is 48.8 Å². The van der Waals surface area contributed by atoms with Crippen molar-refractivity contribution in [3.05, 3.63) is 54.4 Å². The van der Waals surface area contributed by atoms with Crippen LogP contribution in [0, 0.1) is 11.3 Å². The Morgan fingerprint density at radius 3 is 2.59 bits per heavy atom. The van der Waals surface area contributed by atoms with Crippen LogP contribution in [0.25, 0.3) is 11.4 Å². The Balaban J connectivity index is 0.960.